The van der Waals surface area contributed by atoms with Crippen molar-refractivity contribution in [2.45, 2.75) is 32.1 Å². The van der Waals surface area contributed by atoms with Gasteiger partial charge in [0.1, 0.15) is 5.82 Å². The Hall–Kier alpha value is -1.82. The summed E-state index contributed by atoms with van der Waals surface area (Å²) >= 11 is 0. The molecule has 6 heteroatoms. The van der Waals surface area contributed by atoms with Crippen molar-refractivity contribution >= 4 is 17.4 Å². The van der Waals surface area contributed by atoms with Gasteiger partial charge >= 0.3 is 6.03 Å². The maximum atomic E-state index is 14.0. The molecule has 1 aromatic rings. The van der Waals surface area contributed by atoms with E-state index in [2.05, 4.69) is 10.2 Å². The van der Waals surface area contributed by atoms with E-state index < -0.39 is 0 Å². The molecule has 3 fully saturated rings. The normalized spacial score (nSPS) is 22.6. The lowest BCUT2D eigenvalue weighted by molar-refractivity contribution is 0.0211. The molecule has 1 N–H and O–H groups in total. The van der Waals surface area contributed by atoms with Crippen molar-refractivity contribution in [1.82, 2.24) is 4.90 Å². The zero-order valence-electron chi connectivity index (χ0n) is 14.6. The average Bonchev–Trinajstić information content (AvgIpc) is 3.26. The van der Waals surface area contributed by atoms with E-state index >= 15 is 0 Å². The Morgan fingerprint density at radius 1 is 1.08 bits per heavy atom. The SMILES string of the molecule is O=C(Nc1cc(F)cc(N2CCCC2)c1)N1CCC2(CCOCC2)C1. The van der Waals surface area contributed by atoms with Gasteiger partial charge in [0, 0.05) is 50.8 Å². The minimum Gasteiger partial charge on any atom is -0.381 e. The van der Waals surface area contributed by atoms with Gasteiger partial charge in [-0.15, -0.1) is 0 Å². The fraction of sp³-hybridized carbons (Fsp3) is 0.632. The van der Waals surface area contributed by atoms with Gasteiger partial charge in [0.2, 0.25) is 0 Å². The van der Waals surface area contributed by atoms with Crippen LogP contribution in [0.5, 0.6) is 0 Å². The van der Waals surface area contributed by atoms with Gasteiger partial charge in [-0.3, -0.25) is 0 Å². The molecule has 0 aliphatic carbocycles. The third-order valence-corrected chi connectivity index (χ3v) is 5.88. The summed E-state index contributed by atoms with van der Waals surface area (Å²) in [6.45, 7) is 5.02. The number of nitrogens with zero attached hydrogens (tertiary/aromatic N) is 2. The average molecular weight is 347 g/mol. The van der Waals surface area contributed by atoms with E-state index in [-0.39, 0.29) is 17.3 Å². The summed E-state index contributed by atoms with van der Waals surface area (Å²) < 4.78 is 19.4. The Balaban J connectivity index is 1.42. The van der Waals surface area contributed by atoms with E-state index in [9.17, 15) is 9.18 Å². The van der Waals surface area contributed by atoms with Gasteiger partial charge in [0.25, 0.3) is 0 Å². The molecule has 1 spiro atoms. The molecule has 0 bridgehead atoms. The van der Waals surface area contributed by atoms with Crippen LogP contribution in [0.2, 0.25) is 0 Å². The number of ether oxygens (including phenoxy) is 1. The maximum absolute atomic E-state index is 14.0. The molecule has 0 aromatic heterocycles. The first-order valence-electron chi connectivity index (χ1n) is 9.33. The van der Waals surface area contributed by atoms with E-state index in [0.717, 1.165) is 77.2 Å². The van der Waals surface area contributed by atoms with Crippen LogP contribution in [0.3, 0.4) is 0 Å². The van der Waals surface area contributed by atoms with Crippen molar-refractivity contribution in [1.29, 1.82) is 0 Å². The van der Waals surface area contributed by atoms with Gasteiger partial charge < -0.3 is 19.9 Å². The fourth-order valence-corrected chi connectivity index (χ4v) is 4.33. The molecular formula is C19H26FN3O2. The number of carbonyl (C=O) groups excluding carboxylic acids is 1. The Morgan fingerprint density at radius 2 is 1.84 bits per heavy atom. The predicted octanol–water partition coefficient (Wildman–Crippen LogP) is 3.46. The lowest BCUT2D eigenvalue weighted by Gasteiger charge is -2.33. The molecule has 136 valence electrons. The molecule has 3 heterocycles. The van der Waals surface area contributed by atoms with Gasteiger partial charge in [-0.2, -0.15) is 0 Å². The Bertz CT molecular complexity index is 640. The summed E-state index contributed by atoms with van der Waals surface area (Å²) in [7, 11) is 0. The van der Waals surface area contributed by atoms with Crippen molar-refractivity contribution in [3.63, 3.8) is 0 Å². The lowest BCUT2D eigenvalue weighted by atomic mass is 9.80. The molecule has 0 unspecified atom stereocenters. The molecule has 4 rings (SSSR count). The second-order valence-corrected chi connectivity index (χ2v) is 7.61. The van der Waals surface area contributed by atoms with Crippen LogP contribution in [-0.2, 0) is 4.74 Å². The maximum Gasteiger partial charge on any atom is 0.321 e. The number of benzene rings is 1. The van der Waals surface area contributed by atoms with E-state index in [1.165, 1.54) is 6.07 Å². The van der Waals surface area contributed by atoms with Crippen LogP contribution in [0.4, 0.5) is 20.6 Å². The van der Waals surface area contributed by atoms with Crippen molar-refractivity contribution in [3.8, 4) is 0 Å². The Kier molecular flexibility index (Phi) is 4.54. The molecule has 5 nitrogen and oxygen atoms in total. The largest absolute Gasteiger partial charge is 0.381 e. The summed E-state index contributed by atoms with van der Waals surface area (Å²) in [5.41, 5.74) is 1.62. The summed E-state index contributed by atoms with van der Waals surface area (Å²) in [6, 6.07) is 4.71. The standard InChI is InChI=1S/C19H26FN3O2/c20-15-11-16(13-17(12-15)22-6-1-2-7-22)21-18(24)23-8-3-19(14-23)4-9-25-10-5-19/h11-13H,1-10,14H2,(H,21,24). The van der Waals surface area contributed by atoms with Crippen LogP contribution in [0, 0.1) is 11.2 Å². The summed E-state index contributed by atoms with van der Waals surface area (Å²) in [5.74, 6) is -0.304. The summed E-state index contributed by atoms with van der Waals surface area (Å²) in [4.78, 5) is 16.7. The number of nitrogens with one attached hydrogen (secondary N) is 1. The molecule has 2 amide bonds. The van der Waals surface area contributed by atoms with E-state index in [0.29, 0.717) is 5.69 Å². The third kappa shape index (κ3) is 3.59. The molecule has 0 radical (unpaired) electrons. The first-order chi connectivity index (χ1) is 12.1. The lowest BCUT2D eigenvalue weighted by Crippen LogP contribution is -2.37. The zero-order chi connectivity index (χ0) is 17.3. The minimum absolute atomic E-state index is 0.124. The molecular weight excluding hydrogens is 321 g/mol. The van der Waals surface area contributed by atoms with Crippen molar-refractivity contribution in [3.05, 3.63) is 24.0 Å². The molecule has 1 aromatic carbocycles. The quantitative estimate of drug-likeness (QED) is 0.891. The molecule has 3 saturated heterocycles. The second kappa shape index (κ2) is 6.83. The van der Waals surface area contributed by atoms with Crippen LogP contribution in [0.15, 0.2) is 18.2 Å². The number of hydrogen-bond acceptors (Lipinski definition) is 3. The van der Waals surface area contributed by atoms with Gasteiger partial charge in [0.15, 0.2) is 0 Å². The number of halogens is 1. The second-order valence-electron chi connectivity index (χ2n) is 7.61. The number of rotatable bonds is 2. The van der Waals surface area contributed by atoms with Crippen LogP contribution >= 0.6 is 0 Å². The Morgan fingerprint density at radius 3 is 2.60 bits per heavy atom. The molecule has 0 saturated carbocycles. The van der Waals surface area contributed by atoms with E-state index in [4.69, 9.17) is 4.74 Å². The van der Waals surface area contributed by atoms with Gasteiger partial charge in [-0.1, -0.05) is 0 Å². The highest BCUT2D eigenvalue weighted by molar-refractivity contribution is 5.90. The third-order valence-electron chi connectivity index (χ3n) is 5.88. The molecule has 0 atom stereocenters. The number of amides is 2. The first-order valence-corrected chi connectivity index (χ1v) is 9.33. The van der Waals surface area contributed by atoms with Gasteiger partial charge in [-0.05, 0) is 55.7 Å². The summed E-state index contributed by atoms with van der Waals surface area (Å²) in [6.07, 6.45) is 5.35. The highest BCUT2D eigenvalue weighted by Crippen LogP contribution is 2.39. The van der Waals surface area contributed by atoms with Crippen LogP contribution < -0.4 is 10.2 Å². The Labute approximate surface area is 148 Å². The number of anilines is 2. The van der Waals surface area contributed by atoms with Crippen LogP contribution in [0.25, 0.3) is 0 Å². The van der Waals surface area contributed by atoms with Crippen molar-refractivity contribution in [2.24, 2.45) is 5.41 Å². The zero-order valence-corrected chi connectivity index (χ0v) is 14.6. The fourth-order valence-electron chi connectivity index (χ4n) is 4.33. The topological polar surface area (TPSA) is 44.8 Å². The monoisotopic (exact) mass is 347 g/mol. The number of hydrogen-bond donors (Lipinski definition) is 1. The van der Waals surface area contributed by atoms with Gasteiger partial charge in [-0.25, -0.2) is 9.18 Å². The van der Waals surface area contributed by atoms with Crippen LogP contribution in [0.1, 0.15) is 32.1 Å². The molecule has 3 aliphatic rings. The van der Waals surface area contributed by atoms with E-state index in [1.807, 2.05) is 11.0 Å². The molecule has 25 heavy (non-hydrogen) atoms. The summed E-state index contributed by atoms with van der Waals surface area (Å²) in [5, 5.41) is 2.90. The van der Waals surface area contributed by atoms with E-state index in [1.54, 1.807) is 6.07 Å². The smallest absolute Gasteiger partial charge is 0.321 e. The van der Waals surface area contributed by atoms with Gasteiger partial charge in [0.05, 0.1) is 0 Å². The number of carbonyl (C=O) groups is 1. The van der Waals surface area contributed by atoms with Crippen molar-refractivity contribution in [2.75, 3.05) is 49.6 Å². The predicted molar refractivity (Wildman–Crippen MR) is 95.5 cm³/mol. The highest BCUT2D eigenvalue weighted by Gasteiger charge is 2.41. The van der Waals surface area contributed by atoms with Crippen LogP contribution in [-0.4, -0.2) is 50.3 Å². The van der Waals surface area contributed by atoms with Crippen molar-refractivity contribution < 1.29 is 13.9 Å². The minimum atomic E-state index is -0.304. The number of urea groups is 1. The highest BCUT2D eigenvalue weighted by atomic mass is 19.1. The number of likely N-dealkylation sites (tertiary alicyclic amines) is 1. The first kappa shape index (κ1) is 16.6. The molecule has 3 aliphatic heterocycles.